The summed E-state index contributed by atoms with van der Waals surface area (Å²) in [7, 11) is 6.90. The topological polar surface area (TPSA) is 82.0 Å². The second-order valence-corrected chi connectivity index (χ2v) is 25.5. The largest absolute Gasteiger partial charge is 0.382 e. The maximum atomic E-state index is 6.39. The van der Waals surface area contributed by atoms with Gasteiger partial charge in [0.1, 0.15) is 0 Å². The highest BCUT2D eigenvalue weighted by Gasteiger charge is 2.46. The fourth-order valence-electron chi connectivity index (χ4n) is 15.3. The quantitative estimate of drug-likeness (QED) is 0.0426. The van der Waals surface area contributed by atoms with Crippen molar-refractivity contribution < 1.29 is 37.9 Å². The second-order valence-electron chi connectivity index (χ2n) is 25.5. The van der Waals surface area contributed by atoms with Crippen LogP contribution in [0.3, 0.4) is 0 Å². The molecular weight excluding hydrogens is 1130 g/mol. The maximum absolute atomic E-state index is 6.39. The minimum absolute atomic E-state index is 0.0656. The Hall–Kier alpha value is -7.74. The van der Waals surface area contributed by atoms with E-state index < -0.39 is 10.8 Å². The number of nitrogens with zero attached hydrogens (tertiary/aromatic N) is 2. The van der Waals surface area contributed by atoms with E-state index in [1.165, 1.54) is 99.7 Å². The van der Waals surface area contributed by atoms with Crippen molar-refractivity contribution in [2.45, 2.75) is 69.6 Å². The maximum Gasteiger partial charge on any atom is 0.0700 e. The molecule has 0 atom stereocenters. The summed E-state index contributed by atoms with van der Waals surface area (Å²) >= 11 is 0. The van der Waals surface area contributed by atoms with Crippen LogP contribution in [0.5, 0.6) is 0 Å². The third-order valence-corrected chi connectivity index (χ3v) is 19.9. The number of fused-ring (bicyclic) bond motifs is 12. The van der Waals surface area contributed by atoms with Gasteiger partial charge in [-0.05, 0) is 184 Å². The third-order valence-electron chi connectivity index (χ3n) is 19.9. The lowest BCUT2D eigenvalue weighted by atomic mass is 9.72. The summed E-state index contributed by atoms with van der Waals surface area (Å²) in [6.45, 7) is 15.6. The number of ether oxygens (including phenoxy) is 8. The van der Waals surface area contributed by atoms with E-state index in [-0.39, 0.29) is 5.41 Å². The summed E-state index contributed by atoms with van der Waals surface area (Å²) in [6.07, 6.45) is 3.08. The lowest BCUT2D eigenvalue weighted by molar-refractivity contribution is 0.0490. The third kappa shape index (κ3) is 11.5. The predicted molar refractivity (Wildman–Crippen MR) is 370 cm³/mol. The minimum atomic E-state index is -0.411. The SMILES string of the molecule is COCCOCCC1(CCOCCOC)c2cc(C)ccc2-c2ccc(N(c3ccc(-c4ccc5c(c4)c4ccccc4n5-c4ccc5c(c4)-c4ccccc4C5(C)C)cc3)c3ccc4c(c3)C(CCOCCOC)(CCOCCOC)c3cc(C)ccc3-4)cc21. The molecule has 3 aliphatic rings. The number of para-hydroxylation sites is 1. The lowest BCUT2D eigenvalue weighted by Crippen LogP contribution is -2.30. The van der Waals surface area contributed by atoms with Gasteiger partial charge in [0.2, 0.25) is 0 Å². The van der Waals surface area contributed by atoms with Gasteiger partial charge in [0.05, 0.1) is 63.9 Å². The highest BCUT2D eigenvalue weighted by Crippen LogP contribution is 2.58. The molecule has 0 radical (unpaired) electrons. The van der Waals surface area contributed by atoms with Crippen molar-refractivity contribution >= 4 is 38.9 Å². The van der Waals surface area contributed by atoms with Gasteiger partial charge in [-0.25, -0.2) is 0 Å². The van der Waals surface area contributed by atoms with Crippen molar-refractivity contribution in [3.63, 3.8) is 0 Å². The highest BCUT2D eigenvalue weighted by atomic mass is 16.5. The molecule has 10 heteroatoms. The number of methoxy groups -OCH3 is 4. The molecule has 9 aromatic carbocycles. The molecule has 0 saturated carbocycles. The molecule has 0 saturated heterocycles. The van der Waals surface area contributed by atoms with E-state index in [0.29, 0.717) is 79.3 Å². The summed E-state index contributed by atoms with van der Waals surface area (Å²) in [5.74, 6) is 0. The summed E-state index contributed by atoms with van der Waals surface area (Å²) in [5.41, 5.74) is 26.2. The fraction of sp³-hybridized carbons (Fsp3) is 0.333. The number of hydrogen-bond donors (Lipinski definition) is 0. The predicted octanol–water partition coefficient (Wildman–Crippen LogP) is 17.6. The van der Waals surface area contributed by atoms with Crippen molar-refractivity contribution in [3.8, 4) is 50.2 Å². The van der Waals surface area contributed by atoms with Gasteiger partial charge in [-0.1, -0.05) is 140 Å². The van der Waals surface area contributed by atoms with E-state index in [1.807, 2.05) is 0 Å². The van der Waals surface area contributed by atoms with Crippen LogP contribution in [0.1, 0.15) is 84.0 Å². The summed E-state index contributed by atoms with van der Waals surface area (Å²) in [6, 6.07) is 69.3. The second kappa shape index (κ2) is 26.8. The molecule has 3 aliphatic carbocycles. The zero-order chi connectivity index (χ0) is 62.7. The molecule has 0 bridgehead atoms. The van der Waals surface area contributed by atoms with Crippen molar-refractivity contribution in [1.82, 2.24) is 4.57 Å². The smallest absolute Gasteiger partial charge is 0.0700 e. The van der Waals surface area contributed by atoms with E-state index in [2.05, 4.69) is 219 Å². The van der Waals surface area contributed by atoms with Gasteiger partial charge >= 0.3 is 0 Å². The molecule has 468 valence electrons. The molecule has 0 aliphatic heterocycles. The zero-order valence-corrected chi connectivity index (χ0v) is 54.3. The van der Waals surface area contributed by atoms with E-state index in [0.717, 1.165) is 59.6 Å². The van der Waals surface area contributed by atoms with Crippen molar-refractivity contribution in [3.05, 3.63) is 226 Å². The molecule has 10 aromatic rings. The van der Waals surface area contributed by atoms with E-state index in [1.54, 1.807) is 28.4 Å². The van der Waals surface area contributed by atoms with Crippen molar-refractivity contribution in [1.29, 1.82) is 0 Å². The number of aryl methyl sites for hydroxylation is 2. The van der Waals surface area contributed by atoms with E-state index in [4.69, 9.17) is 37.9 Å². The normalized spacial score (nSPS) is 14.4. The first-order chi connectivity index (χ1) is 44.5. The van der Waals surface area contributed by atoms with Gasteiger partial charge in [-0.2, -0.15) is 0 Å². The number of hydrogen-bond acceptors (Lipinski definition) is 9. The summed E-state index contributed by atoms with van der Waals surface area (Å²) < 4.78 is 49.8. The molecular formula is C81H86N2O8. The zero-order valence-electron chi connectivity index (χ0n) is 54.3. The van der Waals surface area contributed by atoms with Crippen LogP contribution in [0.25, 0.3) is 72.0 Å². The molecule has 0 spiro atoms. The van der Waals surface area contributed by atoms with Crippen LogP contribution in [0, 0.1) is 13.8 Å². The standard InChI is InChI=1S/C81H86N2O8/c1-55-17-27-64-66-29-24-61(53-75(66)80(73(64)49-55,33-37-88-45-41-84-5)34-38-89-46-42-85-6)82(62-25-30-67-65-28-18-56(2)50-74(65)81(76(67)54-62,35-39-90-47-43-86-7)36-40-91-48-44-87-8)59-22-19-57(20-23-59)58-21-32-78-70(51-58)68-14-10-12-16-77(68)83(78)60-26-31-72-69(52-60)63-13-9-11-15-71(63)79(72,3)4/h9-32,49-54H,33-48H2,1-8H3. The monoisotopic (exact) mass is 1210 g/mol. The Balaban J connectivity index is 0.946. The first-order valence-corrected chi connectivity index (χ1v) is 32.5. The Bertz CT molecular complexity index is 4070. The molecule has 0 amide bonds. The molecule has 13 rings (SSSR count). The van der Waals surface area contributed by atoms with Gasteiger partial charge in [0, 0.05) is 105 Å². The Labute approximate surface area is 537 Å². The van der Waals surface area contributed by atoms with E-state index in [9.17, 15) is 0 Å². The Kier molecular flexibility index (Phi) is 18.3. The molecule has 0 N–H and O–H groups in total. The minimum Gasteiger partial charge on any atom is -0.382 e. The van der Waals surface area contributed by atoms with Crippen LogP contribution in [0.4, 0.5) is 17.1 Å². The van der Waals surface area contributed by atoms with Crippen LogP contribution in [-0.2, 0) is 54.1 Å². The van der Waals surface area contributed by atoms with Gasteiger partial charge < -0.3 is 47.4 Å². The Morgan fingerprint density at radius 2 is 0.758 bits per heavy atom. The van der Waals surface area contributed by atoms with Crippen LogP contribution in [-0.4, -0.2) is 112 Å². The molecule has 0 unspecified atom stereocenters. The highest BCUT2D eigenvalue weighted by molar-refractivity contribution is 6.10. The number of aromatic nitrogens is 1. The van der Waals surface area contributed by atoms with Gasteiger partial charge in [0.25, 0.3) is 0 Å². The van der Waals surface area contributed by atoms with Gasteiger partial charge in [-0.15, -0.1) is 0 Å². The lowest BCUT2D eigenvalue weighted by Gasteiger charge is -2.35. The molecule has 91 heavy (non-hydrogen) atoms. The molecule has 0 fully saturated rings. The average Bonchev–Trinajstić information content (AvgIpc) is 1.59. The molecule has 1 aromatic heterocycles. The number of rotatable bonds is 29. The molecule has 1 heterocycles. The fourth-order valence-corrected chi connectivity index (χ4v) is 15.3. The Morgan fingerprint density at radius 3 is 1.29 bits per heavy atom. The van der Waals surface area contributed by atoms with Crippen LogP contribution >= 0.6 is 0 Å². The van der Waals surface area contributed by atoms with Crippen molar-refractivity contribution in [2.24, 2.45) is 0 Å². The number of anilines is 3. The first kappa shape index (κ1) is 62.1. The van der Waals surface area contributed by atoms with Gasteiger partial charge in [0.15, 0.2) is 0 Å². The van der Waals surface area contributed by atoms with Crippen LogP contribution in [0.15, 0.2) is 182 Å². The van der Waals surface area contributed by atoms with Gasteiger partial charge in [-0.3, -0.25) is 0 Å². The van der Waals surface area contributed by atoms with Crippen molar-refractivity contribution in [2.75, 3.05) is 113 Å². The first-order valence-electron chi connectivity index (χ1n) is 32.5. The number of benzene rings is 9. The summed E-state index contributed by atoms with van der Waals surface area (Å²) in [4.78, 5) is 2.48. The van der Waals surface area contributed by atoms with Crippen LogP contribution < -0.4 is 4.90 Å². The van der Waals surface area contributed by atoms with E-state index >= 15 is 0 Å². The van der Waals surface area contributed by atoms with Crippen LogP contribution in [0.2, 0.25) is 0 Å². The molecule has 10 nitrogen and oxygen atoms in total. The Morgan fingerprint density at radius 1 is 0.330 bits per heavy atom. The summed E-state index contributed by atoms with van der Waals surface area (Å²) in [5, 5.41) is 2.45. The average molecular weight is 1220 g/mol.